The minimum Gasteiger partial charge on any atom is -0.478 e. The summed E-state index contributed by atoms with van der Waals surface area (Å²) in [5.41, 5.74) is 2.61. The Bertz CT molecular complexity index is 801. The first-order valence-corrected chi connectivity index (χ1v) is 6.00. The first-order valence-electron chi connectivity index (χ1n) is 6.00. The van der Waals surface area contributed by atoms with Gasteiger partial charge in [-0.2, -0.15) is 0 Å². The summed E-state index contributed by atoms with van der Waals surface area (Å²) in [6, 6.07) is 12.1. The number of fused-ring (bicyclic) bond motifs is 1. The number of carboxylic acids is 1. The van der Waals surface area contributed by atoms with Crippen LogP contribution in [0.5, 0.6) is 0 Å². The first-order chi connectivity index (χ1) is 9.65. The Labute approximate surface area is 116 Å². The number of hydrogen-bond acceptors (Lipinski definition) is 3. The van der Waals surface area contributed by atoms with Crippen LogP contribution in [0.15, 0.2) is 48.7 Å². The van der Waals surface area contributed by atoms with E-state index in [1.165, 1.54) is 0 Å². The highest BCUT2D eigenvalue weighted by atomic mass is 16.4. The number of benzene rings is 1. The van der Waals surface area contributed by atoms with Gasteiger partial charge in [-0.15, -0.1) is 0 Å². The topological polar surface area (TPSA) is 63.1 Å². The third-order valence-electron chi connectivity index (χ3n) is 3.02. The van der Waals surface area contributed by atoms with Gasteiger partial charge in [0.15, 0.2) is 5.65 Å². The van der Waals surface area contributed by atoms with Crippen molar-refractivity contribution in [3.8, 4) is 11.3 Å². The molecule has 1 N–H and O–H groups in total. The Kier molecular flexibility index (Phi) is 2.95. The highest BCUT2D eigenvalue weighted by Gasteiger charge is 2.13. The number of carbonyl (C=O) groups is 1. The molecule has 0 spiro atoms. The zero-order valence-electron chi connectivity index (χ0n) is 10.4. The maximum Gasteiger partial charge on any atom is 0.336 e. The van der Waals surface area contributed by atoms with Crippen LogP contribution in [0, 0.1) is 0 Å². The summed E-state index contributed by atoms with van der Waals surface area (Å²) in [4.78, 5) is 19.9. The molecule has 1 aromatic carbocycles. The maximum absolute atomic E-state index is 11.4. The molecule has 0 aliphatic rings. The van der Waals surface area contributed by atoms with E-state index in [0.717, 1.165) is 5.56 Å². The van der Waals surface area contributed by atoms with Crippen LogP contribution in [0.4, 0.5) is 0 Å². The van der Waals surface area contributed by atoms with Crippen molar-refractivity contribution in [2.24, 2.45) is 0 Å². The predicted octanol–water partition coefficient (Wildman–Crippen LogP) is 1.79. The number of pyridine rings is 2. The fourth-order valence-corrected chi connectivity index (χ4v) is 2.04. The summed E-state index contributed by atoms with van der Waals surface area (Å²) >= 11 is 0. The fraction of sp³-hybridized carbons (Fsp3) is 0. The summed E-state index contributed by atoms with van der Waals surface area (Å²) in [6.07, 6.45) is 1.59. The number of nitrogens with zero attached hydrogens (tertiary/aromatic N) is 2. The van der Waals surface area contributed by atoms with Crippen molar-refractivity contribution in [1.29, 1.82) is 0 Å². The van der Waals surface area contributed by atoms with E-state index in [1.807, 2.05) is 0 Å². The highest BCUT2D eigenvalue weighted by molar-refractivity contribution is 6.32. The first kappa shape index (κ1) is 12.4. The second-order valence-corrected chi connectivity index (χ2v) is 4.36. The van der Waals surface area contributed by atoms with E-state index in [4.69, 9.17) is 7.85 Å². The highest BCUT2D eigenvalue weighted by Crippen LogP contribution is 2.23. The zero-order chi connectivity index (χ0) is 14.1. The van der Waals surface area contributed by atoms with Crippen LogP contribution in [0.25, 0.3) is 22.3 Å². The summed E-state index contributed by atoms with van der Waals surface area (Å²) in [7, 11) is 5.65. The monoisotopic (exact) mass is 260 g/mol. The van der Waals surface area contributed by atoms with Crippen molar-refractivity contribution in [2.45, 2.75) is 0 Å². The van der Waals surface area contributed by atoms with Crippen molar-refractivity contribution in [3.05, 3.63) is 54.2 Å². The minimum atomic E-state index is -0.998. The Balaban J connectivity index is 2.27. The normalized spacial score (nSPS) is 10.6. The molecule has 5 heteroatoms. The van der Waals surface area contributed by atoms with Crippen molar-refractivity contribution in [3.63, 3.8) is 0 Å². The summed E-state index contributed by atoms with van der Waals surface area (Å²) in [5, 5.41) is 9.85. The fourth-order valence-electron chi connectivity index (χ4n) is 2.04. The lowest BCUT2D eigenvalue weighted by molar-refractivity contribution is 0.0699. The molecule has 2 aromatic heterocycles. The second-order valence-electron chi connectivity index (χ2n) is 4.36. The lowest BCUT2D eigenvalue weighted by Crippen LogP contribution is -2.02. The van der Waals surface area contributed by atoms with E-state index < -0.39 is 5.97 Å². The lowest BCUT2D eigenvalue weighted by Gasteiger charge is -2.06. The van der Waals surface area contributed by atoms with Crippen molar-refractivity contribution >= 4 is 30.3 Å². The van der Waals surface area contributed by atoms with E-state index in [0.29, 0.717) is 22.2 Å². The van der Waals surface area contributed by atoms with E-state index in [2.05, 4.69) is 9.97 Å². The smallest absolute Gasteiger partial charge is 0.336 e. The Hall–Kier alpha value is -2.69. The molecule has 0 fully saturated rings. The largest absolute Gasteiger partial charge is 0.478 e. The molecular formula is C15H9BN2O2. The van der Waals surface area contributed by atoms with Crippen molar-refractivity contribution in [1.82, 2.24) is 9.97 Å². The van der Waals surface area contributed by atoms with Gasteiger partial charge in [-0.25, -0.2) is 14.8 Å². The molecule has 20 heavy (non-hydrogen) atoms. The van der Waals surface area contributed by atoms with Crippen LogP contribution in [0.2, 0.25) is 0 Å². The Morgan fingerprint density at radius 2 is 1.90 bits per heavy atom. The third kappa shape index (κ3) is 2.14. The zero-order valence-corrected chi connectivity index (χ0v) is 10.4. The summed E-state index contributed by atoms with van der Waals surface area (Å²) < 4.78 is 0. The number of aromatic nitrogens is 2. The Morgan fingerprint density at radius 1 is 1.15 bits per heavy atom. The molecule has 0 saturated carbocycles. The Morgan fingerprint density at radius 3 is 2.60 bits per heavy atom. The van der Waals surface area contributed by atoms with Gasteiger partial charge in [0.1, 0.15) is 7.85 Å². The molecule has 0 aliphatic heterocycles. The van der Waals surface area contributed by atoms with Gasteiger partial charge in [-0.3, -0.25) is 0 Å². The van der Waals surface area contributed by atoms with Crippen LogP contribution in [0.1, 0.15) is 10.4 Å². The van der Waals surface area contributed by atoms with Crippen LogP contribution < -0.4 is 5.46 Å². The average Bonchev–Trinajstić information content (AvgIpc) is 2.46. The molecular weight excluding hydrogens is 251 g/mol. The molecule has 0 saturated heterocycles. The molecule has 0 atom stereocenters. The van der Waals surface area contributed by atoms with Crippen LogP contribution in [-0.2, 0) is 0 Å². The molecule has 94 valence electrons. The van der Waals surface area contributed by atoms with Gasteiger partial charge >= 0.3 is 5.97 Å². The van der Waals surface area contributed by atoms with Gasteiger partial charge in [0.2, 0.25) is 0 Å². The van der Waals surface area contributed by atoms with Gasteiger partial charge in [0, 0.05) is 17.1 Å². The molecule has 2 heterocycles. The second kappa shape index (κ2) is 4.77. The molecule has 3 aromatic rings. The molecule has 0 aliphatic carbocycles. The van der Waals surface area contributed by atoms with Crippen molar-refractivity contribution in [2.75, 3.05) is 0 Å². The molecule has 4 nitrogen and oxygen atoms in total. The van der Waals surface area contributed by atoms with Gasteiger partial charge in [0.25, 0.3) is 0 Å². The minimum absolute atomic E-state index is 0.190. The van der Waals surface area contributed by atoms with E-state index in [9.17, 15) is 9.90 Å². The van der Waals surface area contributed by atoms with Gasteiger partial charge in [0.05, 0.1) is 11.3 Å². The molecule has 2 radical (unpaired) electrons. The summed E-state index contributed by atoms with van der Waals surface area (Å²) in [6.45, 7) is 0. The van der Waals surface area contributed by atoms with Gasteiger partial charge in [-0.1, -0.05) is 29.7 Å². The van der Waals surface area contributed by atoms with E-state index in [-0.39, 0.29) is 5.56 Å². The van der Waals surface area contributed by atoms with Gasteiger partial charge < -0.3 is 5.11 Å². The number of carboxylic acid groups (broad SMARTS) is 1. The predicted molar refractivity (Wildman–Crippen MR) is 77.3 cm³/mol. The average molecular weight is 260 g/mol. The quantitative estimate of drug-likeness (QED) is 0.713. The third-order valence-corrected chi connectivity index (χ3v) is 3.02. The van der Waals surface area contributed by atoms with Crippen LogP contribution >= 0.6 is 0 Å². The van der Waals surface area contributed by atoms with Crippen LogP contribution in [-0.4, -0.2) is 28.9 Å². The van der Waals surface area contributed by atoms with E-state index in [1.54, 1.807) is 48.7 Å². The maximum atomic E-state index is 11.4. The molecule has 0 amide bonds. The molecule has 0 bridgehead atoms. The standard InChI is InChI=1S/C15H9BN2O2/c16-10-5-3-9(4-6-10)13-8-12(15(19)20)11-2-1-7-17-14(11)18-13/h1-8H,(H,19,20). The van der Waals surface area contributed by atoms with E-state index >= 15 is 0 Å². The van der Waals surface area contributed by atoms with Crippen molar-refractivity contribution < 1.29 is 9.90 Å². The number of hydrogen-bond donors (Lipinski definition) is 1. The molecule has 3 rings (SSSR count). The van der Waals surface area contributed by atoms with Crippen LogP contribution in [0.3, 0.4) is 0 Å². The summed E-state index contributed by atoms with van der Waals surface area (Å²) in [5.74, 6) is -0.998. The lowest BCUT2D eigenvalue weighted by atomic mass is 9.94. The SMILES string of the molecule is [B]c1ccc(-c2cc(C(=O)O)c3cccnc3n2)cc1. The van der Waals surface area contributed by atoms with Gasteiger partial charge in [-0.05, 0) is 18.2 Å². The number of aromatic carboxylic acids is 1. The molecule has 0 unspecified atom stereocenters. The number of rotatable bonds is 2.